The van der Waals surface area contributed by atoms with Crippen LogP contribution in [0.25, 0.3) is 0 Å². The van der Waals surface area contributed by atoms with Crippen LogP contribution in [0.3, 0.4) is 0 Å². The van der Waals surface area contributed by atoms with Crippen molar-refractivity contribution in [3.63, 3.8) is 0 Å². The van der Waals surface area contributed by atoms with Gasteiger partial charge in [-0.15, -0.1) is 0 Å². The number of amides is 1. The van der Waals surface area contributed by atoms with Crippen molar-refractivity contribution in [3.05, 3.63) is 47.2 Å². The lowest BCUT2D eigenvalue weighted by molar-refractivity contribution is -0.128. The standard InChI is InChI=1S/C21H28F3N3O2/c1-6-17(21(22,23)24)15(4)13(2)11-14(3)20(28)27-9-7-16(8-10-27)18-12-19(25-5)29-26-18/h6,11-13,16,25H,1,7-10H2,2-5H3/b14-11+,17-15+. The number of hydrogen-bond acceptors (Lipinski definition) is 4. The number of likely N-dealkylation sites (tertiary alicyclic amines) is 1. The van der Waals surface area contributed by atoms with Crippen molar-refractivity contribution in [2.75, 3.05) is 25.5 Å². The number of allylic oxidation sites excluding steroid dienone is 4. The Hall–Kier alpha value is -2.51. The molecule has 0 aliphatic carbocycles. The molecule has 5 nitrogen and oxygen atoms in total. The first-order valence-corrected chi connectivity index (χ1v) is 9.60. The first kappa shape index (κ1) is 22.8. The molecule has 0 spiro atoms. The normalized spacial score (nSPS) is 18.3. The van der Waals surface area contributed by atoms with Crippen molar-refractivity contribution < 1.29 is 22.5 Å². The van der Waals surface area contributed by atoms with E-state index in [1.54, 1.807) is 31.9 Å². The highest BCUT2D eigenvalue weighted by atomic mass is 19.4. The summed E-state index contributed by atoms with van der Waals surface area (Å²) in [6, 6.07) is 1.86. The molecule has 1 saturated heterocycles. The molecule has 1 aromatic heterocycles. The number of aromatic nitrogens is 1. The molecule has 0 bridgehead atoms. The van der Waals surface area contributed by atoms with Crippen LogP contribution in [-0.2, 0) is 4.79 Å². The van der Waals surface area contributed by atoms with Gasteiger partial charge in [-0.2, -0.15) is 13.2 Å². The third-order valence-electron chi connectivity index (χ3n) is 5.43. The molecule has 2 heterocycles. The van der Waals surface area contributed by atoms with E-state index >= 15 is 0 Å². The van der Waals surface area contributed by atoms with E-state index in [9.17, 15) is 18.0 Å². The predicted molar refractivity (Wildman–Crippen MR) is 106 cm³/mol. The molecular formula is C21H28F3N3O2. The zero-order chi connectivity index (χ0) is 21.8. The van der Waals surface area contributed by atoms with E-state index in [1.807, 2.05) is 6.07 Å². The number of nitrogens with one attached hydrogen (secondary N) is 1. The monoisotopic (exact) mass is 411 g/mol. The zero-order valence-corrected chi connectivity index (χ0v) is 17.3. The van der Waals surface area contributed by atoms with Gasteiger partial charge in [-0.1, -0.05) is 36.4 Å². The highest BCUT2D eigenvalue weighted by molar-refractivity contribution is 5.93. The Morgan fingerprint density at radius 3 is 2.48 bits per heavy atom. The second-order valence-corrected chi connectivity index (χ2v) is 7.37. The van der Waals surface area contributed by atoms with Gasteiger partial charge in [0.1, 0.15) is 0 Å². The van der Waals surface area contributed by atoms with Crippen LogP contribution in [0.15, 0.2) is 46.0 Å². The lowest BCUT2D eigenvalue weighted by Crippen LogP contribution is -2.38. The number of nitrogens with zero attached hydrogens (tertiary/aromatic N) is 2. The minimum absolute atomic E-state index is 0.143. The van der Waals surface area contributed by atoms with Crippen LogP contribution in [0.4, 0.5) is 19.1 Å². The maximum Gasteiger partial charge on any atom is 0.416 e. The van der Waals surface area contributed by atoms with Gasteiger partial charge in [0, 0.05) is 37.7 Å². The van der Waals surface area contributed by atoms with E-state index in [2.05, 4.69) is 17.1 Å². The van der Waals surface area contributed by atoms with Crippen LogP contribution < -0.4 is 5.32 Å². The number of alkyl halides is 3. The molecule has 1 unspecified atom stereocenters. The summed E-state index contributed by atoms with van der Waals surface area (Å²) >= 11 is 0. The fraction of sp³-hybridized carbons (Fsp3) is 0.524. The third-order valence-corrected chi connectivity index (χ3v) is 5.43. The summed E-state index contributed by atoms with van der Waals surface area (Å²) in [6.07, 6.45) is -0.515. The van der Waals surface area contributed by atoms with Gasteiger partial charge in [-0.3, -0.25) is 4.79 Å². The lowest BCUT2D eigenvalue weighted by Gasteiger charge is -2.31. The fourth-order valence-electron chi connectivity index (χ4n) is 3.54. The molecule has 0 saturated carbocycles. The molecule has 8 heteroatoms. The second-order valence-electron chi connectivity index (χ2n) is 7.37. The number of rotatable bonds is 6. The van der Waals surface area contributed by atoms with E-state index in [-0.39, 0.29) is 17.4 Å². The van der Waals surface area contributed by atoms with Crippen LogP contribution in [0.1, 0.15) is 45.2 Å². The molecule has 1 N–H and O–H groups in total. The fourth-order valence-corrected chi connectivity index (χ4v) is 3.54. The number of carbonyl (C=O) groups is 1. The van der Waals surface area contributed by atoms with Crippen molar-refractivity contribution in [1.82, 2.24) is 10.1 Å². The molecule has 0 aromatic carbocycles. The van der Waals surface area contributed by atoms with E-state index < -0.39 is 17.7 Å². The van der Waals surface area contributed by atoms with Gasteiger partial charge in [0.25, 0.3) is 0 Å². The minimum atomic E-state index is -4.46. The quantitative estimate of drug-likeness (QED) is 0.525. The molecule has 2 rings (SSSR count). The summed E-state index contributed by atoms with van der Waals surface area (Å²) in [7, 11) is 1.76. The van der Waals surface area contributed by atoms with Crippen LogP contribution >= 0.6 is 0 Å². The van der Waals surface area contributed by atoms with Gasteiger partial charge in [-0.05, 0) is 32.6 Å². The van der Waals surface area contributed by atoms with Gasteiger partial charge in [0.2, 0.25) is 11.8 Å². The maximum absolute atomic E-state index is 13.1. The van der Waals surface area contributed by atoms with Crippen molar-refractivity contribution in [2.45, 2.75) is 45.7 Å². The molecule has 1 aliphatic heterocycles. The number of carbonyl (C=O) groups excluding carboxylic acids is 1. The number of hydrogen-bond donors (Lipinski definition) is 1. The minimum Gasteiger partial charge on any atom is -0.357 e. The van der Waals surface area contributed by atoms with Gasteiger partial charge < -0.3 is 14.7 Å². The first-order valence-electron chi connectivity index (χ1n) is 9.60. The smallest absolute Gasteiger partial charge is 0.357 e. The van der Waals surface area contributed by atoms with Gasteiger partial charge in [-0.25, -0.2) is 0 Å². The van der Waals surface area contributed by atoms with E-state index in [0.717, 1.165) is 24.6 Å². The van der Waals surface area contributed by atoms with Crippen LogP contribution in [-0.4, -0.2) is 42.3 Å². The molecule has 1 fully saturated rings. The predicted octanol–water partition coefficient (Wildman–Crippen LogP) is 5.07. The third kappa shape index (κ3) is 5.52. The molecule has 29 heavy (non-hydrogen) atoms. The summed E-state index contributed by atoms with van der Waals surface area (Å²) in [5.74, 6) is 0.153. The SMILES string of the molecule is C=C/C(=C(/C)C(C)/C=C(\C)C(=O)N1CCC(c2cc(NC)on2)CC1)C(F)(F)F. The Morgan fingerprint density at radius 2 is 2.00 bits per heavy atom. The largest absolute Gasteiger partial charge is 0.416 e. The number of piperidine rings is 1. The Morgan fingerprint density at radius 1 is 1.38 bits per heavy atom. The average molecular weight is 411 g/mol. The van der Waals surface area contributed by atoms with Crippen molar-refractivity contribution in [3.8, 4) is 0 Å². The van der Waals surface area contributed by atoms with Gasteiger partial charge in [0.05, 0.1) is 11.3 Å². The van der Waals surface area contributed by atoms with Crippen molar-refractivity contribution in [1.29, 1.82) is 0 Å². The van der Waals surface area contributed by atoms with E-state index in [4.69, 9.17) is 4.52 Å². The van der Waals surface area contributed by atoms with E-state index in [0.29, 0.717) is 24.5 Å². The van der Waals surface area contributed by atoms with E-state index in [1.165, 1.54) is 6.92 Å². The maximum atomic E-state index is 13.1. The van der Waals surface area contributed by atoms with Crippen molar-refractivity contribution in [2.24, 2.45) is 5.92 Å². The van der Waals surface area contributed by atoms with Crippen LogP contribution in [0.2, 0.25) is 0 Å². The van der Waals surface area contributed by atoms with Crippen molar-refractivity contribution >= 4 is 11.8 Å². The molecule has 160 valence electrons. The molecular weight excluding hydrogens is 383 g/mol. The number of halogens is 3. The highest BCUT2D eigenvalue weighted by Gasteiger charge is 2.34. The Labute approximate surface area is 169 Å². The Balaban J connectivity index is 2.03. The lowest BCUT2D eigenvalue weighted by atomic mass is 9.92. The van der Waals surface area contributed by atoms with Gasteiger partial charge in [0.15, 0.2) is 0 Å². The average Bonchev–Trinajstić information content (AvgIpc) is 3.16. The molecule has 1 atom stereocenters. The van der Waals surface area contributed by atoms with Crippen LogP contribution in [0, 0.1) is 5.92 Å². The summed E-state index contributed by atoms with van der Waals surface area (Å²) in [5, 5.41) is 6.96. The van der Waals surface area contributed by atoms with Crippen LogP contribution in [0.5, 0.6) is 0 Å². The summed E-state index contributed by atoms with van der Waals surface area (Å²) in [5.41, 5.74) is 0.701. The molecule has 1 aliphatic rings. The Kier molecular flexibility index (Phi) is 7.32. The topological polar surface area (TPSA) is 58.4 Å². The molecule has 1 aromatic rings. The second kappa shape index (κ2) is 9.33. The number of anilines is 1. The summed E-state index contributed by atoms with van der Waals surface area (Å²) in [4.78, 5) is 14.5. The Bertz CT molecular complexity index is 800. The van der Waals surface area contributed by atoms with Gasteiger partial charge >= 0.3 is 6.18 Å². The summed E-state index contributed by atoms with van der Waals surface area (Å²) < 4.78 is 44.4. The molecule has 0 radical (unpaired) electrons. The zero-order valence-electron chi connectivity index (χ0n) is 17.3. The highest BCUT2D eigenvalue weighted by Crippen LogP contribution is 2.33. The summed E-state index contributed by atoms with van der Waals surface area (Å²) in [6.45, 7) is 9.13. The molecule has 1 amide bonds. The first-order chi connectivity index (χ1) is 13.6.